The lowest BCUT2D eigenvalue weighted by atomic mass is 10.1. The molecule has 0 bridgehead atoms. The minimum Gasteiger partial charge on any atom is -0.483 e. The molecule has 1 aliphatic heterocycles. The van der Waals surface area contributed by atoms with Crippen molar-refractivity contribution in [1.29, 1.82) is 0 Å². The average Bonchev–Trinajstić information content (AvgIpc) is 3.16. The zero-order chi connectivity index (χ0) is 22.7. The molecule has 7 nitrogen and oxygen atoms in total. The molecule has 0 atom stereocenters. The van der Waals surface area contributed by atoms with Crippen LogP contribution in [0.2, 0.25) is 5.02 Å². The van der Waals surface area contributed by atoms with E-state index in [-0.39, 0.29) is 18.9 Å². The van der Waals surface area contributed by atoms with Crippen LogP contribution in [0.25, 0.3) is 10.3 Å². The molecule has 11 heteroatoms. The van der Waals surface area contributed by atoms with E-state index in [1.54, 1.807) is 6.07 Å². The second-order valence-corrected chi connectivity index (χ2v) is 9.04. The van der Waals surface area contributed by atoms with Gasteiger partial charge in [-0.1, -0.05) is 22.9 Å². The highest BCUT2D eigenvalue weighted by atomic mass is 35.5. The number of halogens is 3. The van der Waals surface area contributed by atoms with Gasteiger partial charge in [-0.3, -0.25) is 15.0 Å². The molecule has 1 N–H and O–H groups in total. The zero-order valence-corrected chi connectivity index (χ0v) is 19.0. The van der Waals surface area contributed by atoms with Gasteiger partial charge in [-0.25, -0.2) is 18.7 Å². The van der Waals surface area contributed by atoms with Crippen molar-refractivity contribution >= 4 is 39.1 Å². The van der Waals surface area contributed by atoms with Gasteiger partial charge < -0.3 is 9.64 Å². The Labute approximate surface area is 193 Å². The number of aromatic nitrogens is 2. The molecule has 0 unspecified atom stereocenters. The molecule has 0 radical (unpaired) electrons. The van der Waals surface area contributed by atoms with Crippen LogP contribution in [-0.4, -0.2) is 72.0 Å². The Kier molecular flexibility index (Phi) is 7.27. The molecule has 1 saturated heterocycles. The predicted molar refractivity (Wildman–Crippen MR) is 119 cm³/mol. The van der Waals surface area contributed by atoms with Crippen molar-refractivity contribution in [2.24, 2.45) is 0 Å². The summed E-state index contributed by atoms with van der Waals surface area (Å²) in [5.41, 5.74) is 0.00842. The number of rotatable bonds is 8. The Morgan fingerprint density at radius 2 is 2.06 bits per heavy atom. The van der Waals surface area contributed by atoms with Crippen molar-refractivity contribution < 1.29 is 18.3 Å². The second kappa shape index (κ2) is 10.1. The third kappa shape index (κ3) is 5.38. The number of likely N-dealkylation sites (N-methyl/N-ethyl adjacent to an activating group) is 1. The molecular weight excluding hydrogens is 460 g/mol. The van der Waals surface area contributed by atoms with Crippen molar-refractivity contribution in [3.05, 3.63) is 51.6 Å². The first-order valence-electron chi connectivity index (χ1n) is 10.1. The summed E-state index contributed by atoms with van der Waals surface area (Å²) in [6, 6.07) is 3.88. The standard InChI is InChI=1S/C21H22ClF2N5O2S/c1-28-4-6-29(7-5-28)12-25-10-16(30)19-14(23)2-3-17(20(19)24)31-11-18-27-15-8-13(22)9-26-21(15)32-18/h2-3,8-9,25H,4-7,10-12H2,1H3. The monoisotopic (exact) mass is 481 g/mol. The van der Waals surface area contributed by atoms with E-state index < -0.39 is 23.0 Å². The number of carbonyl (C=O) groups excluding carboxylic acids is 1. The highest BCUT2D eigenvalue weighted by Crippen LogP contribution is 2.27. The number of carbonyl (C=O) groups is 1. The lowest BCUT2D eigenvalue weighted by Gasteiger charge is -2.32. The van der Waals surface area contributed by atoms with Crippen molar-refractivity contribution in [2.45, 2.75) is 6.61 Å². The van der Waals surface area contributed by atoms with Gasteiger partial charge in [0.1, 0.15) is 27.8 Å². The van der Waals surface area contributed by atoms with Crippen LogP contribution >= 0.6 is 22.9 Å². The van der Waals surface area contributed by atoms with E-state index in [4.69, 9.17) is 16.3 Å². The molecule has 0 aliphatic carbocycles. The Morgan fingerprint density at radius 1 is 1.28 bits per heavy atom. The van der Waals surface area contributed by atoms with Crippen molar-refractivity contribution in [3.8, 4) is 5.75 Å². The highest BCUT2D eigenvalue weighted by Gasteiger charge is 2.22. The molecule has 170 valence electrons. The first kappa shape index (κ1) is 22.9. The van der Waals surface area contributed by atoms with E-state index >= 15 is 0 Å². The molecule has 1 fully saturated rings. The molecule has 1 aromatic carbocycles. The normalized spacial score (nSPS) is 15.4. The summed E-state index contributed by atoms with van der Waals surface area (Å²) in [5, 5.41) is 4.00. The molecule has 4 rings (SSSR count). The maximum Gasteiger partial charge on any atom is 0.182 e. The number of hydrogen-bond donors (Lipinski definition) is 1. The van der Waals surface area contributed by atoms with E-state index in [9.17, 15) is 13.6 Å². The van der Waals surface area contributed by atoms with Crippen molar-refractivity contribution in [2.75, 3.05) is 46.4 Å². The fourth-order valence-electron chi connectivity index (χ4n) is 3.37. The summed E-state index contributed by atoms with van der Waals surface area (Å²) in [6.07, 6.45) is 1.52. The van der Waals surface area contributed by atoms with E-state index in [2.05, 4.69) is 32.1 Å². The summed E-state index contributed by atoms with van der Waals surface area (Å²) < 4.78 is 34.6. The molecular formula is C21H22ClF2N5O2S. The summed E-state index contributed by atoms with van der Waals surface area (Å²) in [7, 11) is 2.05. The number of nitrogens with zero attached hydrogens (tertiary/aromatic N) is 4. The Hall–Kier alpha value is -2.24. The largest absolute Gasteiger partial charge is 0.483 e. The quantitative estimate of drug-likeness (QED) is 0.495. The average molecular weight is 482 g/mol. The minimum atomic E-state index is -1.02. The zero-order valence-electron chi connectivity index (χ0n) is 17.4. The van der Waals surface area contributed by atoms with Crippen LogP contribution in [0.15, 0.2) is 24.4 Å². The Morgan fingerprint density at radius 3 is 2.84 bits per heavy atom. The van der Waals surface area contributed by atoms with E-state index in [0.29, 0.717) is 27.0 Å². The third-order valence-electron chi connectivity index (χ3n) is 5.16. The lowest BCUT2D eigenvalue weighted by Crippen LogP contribution is -2.48. The van der Waals surface area contributed by atoms with E-state index in [0.717, 1.165) is 32.2 Å². The van der Waals surface area contributed by atoms with Gasteiger partial charge in [0, 0.05) is 39.0 Å². The van der Waals surface area contributed by atoms with Crippen molar-refractivity contribution in [3.63, 3.8) is 0 Å². The highest BCUT2D eigenvalue weighted by molar-refractivity contribution is 7.18. The molecule has 0 saturated carbocycles. The van der Waals surface area contributed by atoms with Gasteiger partial charge in [0.15, 0.2) is 17.3 Å². The number of piperazine rings is 1. The number of thiazole rings is 1. The first-order chi connectivity index (χ1) is 15.4. The van der Waals surface area contributed by atoms with Crippen LogP contribution in [0.5, 0.6) is 5.75 Å². The molecule has 0 spiro atoms. The lowest BCUT2D eigenvalue weighted by molar-refractivity contribution is 0.0963. The smallest absolute Gasteiger partial charge is 0.182 e. The Balaban J connectivity index is 1.38. The Bertz CT molecular complexity index is 1120. The maximum atomic E-state index is 14.9. The number of benzene rings is 1. The maximum absolute atomic E-state index is 14.9. The van der Waals surface area contributed by atoms with Crippen LogP contribution in [0, 0.1) is 11.6 Å². The number of hydrogen-bond acceptors (Lipinski definition) is 8. The van der Waals surface area contributed by atoms with Crippen LogP contribution in [-0.2, 0) is 6.61 Å². The van der Waals surface area contributed by atoms with Gasteiger partial charge in [0.05, 0.1) is 17.1 Å². The van der Waals surface area contributed by atoms with Gasteiger partial charge >= 0.3 is 0 Å². The van der Waals surface area contributed by atoms with Crippen LogP contribution in [0.1, 0.15) is 15.4 Å². The fraction of sp³-hybridized carbons (Fsp3) is 0.381. The number of ether oxygens (including phenoxy) is 1. The number of Topliss-reactive ketones (excluding diaryl/α,β-unsaturated/α-hetero) is 1. The fourth-order valence-corrected chi connectivity index (χ4v) is 4.32. The number of fused-ring (bicyclic) bond motifs is 1. The predicted octanol–water partition coefficient (Wildman–Crippen LogP) is 3.18. The van der Waals surface area contributed by atoms with Crippen molar-refractivity contribution in [1.82, 2.24) is 25.1 Å². The molecule has 2 aromatic heterocycles. The van der Waals surface area contributed by atoms with Gasteiger partial charge in [-0.15, -0.1) is 0 Å². The molecule has 1 aliphatic rings. The van der Waals surface area contributed by atoms with Gasteiger partial charge in [0.2, 0.25) is 0 Å². The van der Waals surface area contributed by atoms with Gasteiger partial charge in [-0.2, -0.15) is 0 Å². The minimum absolute atomic E-state index is 0.0452. The third-order valence-corrected chi connectivity index (χ3v) is 6.32. The summed E-state index contributed by atoms with van der Waals surface area (Å²) >= 11 is 7.20. The molecule has 0 amide bonds. The number of ketones is 1. The van der Waals surface area contributed by atoms with Crippen LogP contribution < -0.4 is 10.1 Å². The molecule has 3 heterocycles. The van der Waals surface area contributed by atoms with E-state index in [1.165, 1.54) is 23.6 Å². The number of pyridine rings is 1. The van der Waals surface area contributed by atoms with Gasteiger partial charge in [0.25, 0.3) is 0 Å². The summed E-state index contributed by atoms with van der Waals surface area (Å²) in [6.45, 7) is 3.89. The first-order valence-corrected chi connectivity index (χ1v) is 11.3. The topological polar surface area (TPSA) is 70.6 Å². The van der Waals surface area contributed by atoms with Gasteiger partial charge in [-0.05, 0) is 25.2 Å². The SMILES string of the molecule is CN1CCN(CNCC(=O)c2c(F)ccc(OCc3nc4cc(Cl)cnc4s3)c2F)CC1. The summed E-state index contributed by atoms with van der Waals surface area (Å²) in [5.74, 6) is -2.81. The number of nitrogens with one attached hydrogen (secondary N) is 1. The summed E-state index contributed by atoms with van der Waals surface area (Å²) in [4.78, 5) is 26.1. The van der Waals surface area contributed by atoms with Crippen LogP contribution in [0.4, 0.5) is 8.78 Å². The second-order valence-electron chi connectivity index (χ2n) is 7.54. The van der Waals surface area contributed by atoms with E-state index in [1.807, 2.05) is 0 Å². The molecule has 3 aromatic rings. The molecule has 32 heavy (non-hydrogen) atoms. The van der Waals surface area contributed by atoms with Crippen LogP contribution in [0.3, 0.4) is 0 Å².